The van der Waals surface area contributed by atoms with Gasteiger partial charge in [-0.05, 0) is 47.5 Å². The van der Waals surface area contributed by atoms with Crippen LogP contribution in [-0.4, -0.2) is 66.8 Å². The van der Waals surface area contributed by atoms with Crippen molar-refractivity contribution >= 4 is 33.2 Å². The highest BCUT2D eigenvalue weighted by molar-refractivity contribution is 6.11. The van der Waals surface area contributed by atoms with Crippen LogP contribution < -0.4 is 24.3 Å². The van der Waals surface area contributed by atoms with Gasteiger partial charge in [-0.25, -0.2) is 4.98 Å². The van der Waals surface area contributed by atoms with E-state index in [1.165, 1.54) is 34.5 Å². The molecule has 0 aliphatic heterocycles. The number of non-ortho nitro benzene ring substituents is 1. The second kappa shape index (κ2) is 14.9. The van der Waals surface area contributed by atoms with Gasteiger partial charge in [0.25, 0.3) is 5.69 Å². The van der Waals surface area contributed by atoms with Gasteiger partial charge < -0.3 is 39.6 Å². The number of phenolic OH excluding ortho intramolecular Hbond substituents is 1. The maximum absolute atomic E-state index is 11.3. The van der Waals surface area contributed by atoms with Gasteiger partial charge in [-0.15, -0.1) is 0 Å². The van der Waals surface area contributed by atoms with Crippen molar-refractivity contribution in [3.63, 3.8) is 0 Å². The number of hydrogen-bond acceptors (Lipinski definition) is 11. The van der Waals surface area contributed by atoms with Gasteiger partial charge in [-0.3, -0.25) is 10.1 Å². The standard InChI is InChI=1S/C18H22O6.C15H13N3O3/c1-21-15-6-5-11(8-14(15)20)7-13(19)12-9-16(22-2)18(24-4)17(10-12)23-3;19-9-8-16-15-10-4-1-2-5-11(10)17-12-6-3-7-13(14(12)15)18(20)21/h5-6,8-10,13,19-20H,7H2,1-4H3;1-7,19H,8-9H2,(H,16,17)/t13-;/m1./s1. The predicted octanol–water partition coefficient (Wildman–Crippen LogP) is 5.40. The molecule has 0 unspecified atom stereocenters. The SMILES string of the molecule is COc1ccc(C[C@@H](O)c2cc(OC)c(OC)c(OC)c2)cc1O.O=[N+]([O-])c1cccc2nc3ccccc3c(NCCO)c12. The summed E-state index contributed by atoms with van der Waals surface area (Å²) in [5.74, 6) is 1.85. The molecule has 0 fully saturated rings. The van der Waals surface area contributed by atoms with E-state index in [-0.39, 0.29) is 18.0 Å². The number of aromatic nitrogens is 1. The molecule has 1 atom stereocenters. The van der Waals surface area contributed by atoms with E-state index in [1.807, 2.05) is 24.3 Å². The lowest BCUT2D eigenvalue weighted by Crippen LogP contribution is -2.07. The Morgan fingerprint density at radius 1 is 0.867 bits per heavy atom. The molecular weight excluding hydrogens is 582 g/mol. The van der Waals surface area contributed by atoms with Crippen LogP contribution in [0.15, 0.2) is 72.8 Å². The highest BCUT2D eigenvalue weighted by atomic mass is 16.6. The molecule has 12 heteroatoms. The first kappa shape index (κ1) is 32.6. The number of nitrogens with zero attached hydrogens (tertiary/aromatic N) is 2. The molecule has 12 nitrogen and oxygen atoms in total. The summed E-state index contributed by atoms with van der Waals surface area (Å²) in [4.78, 5) is 15.3. The number of nitro benzene ring substituents is 1. The fraction of sp³-hybridized carbons (Fsp3) is 0.242. The largest absolute Gasteiger partial charge is 0.504 e. The van der Waals surface area contributed by atoms with Crippen molar-refractivity contribution in [2.75, 3.05) is 46.9 Å². The Morgan fingerprint density at radius 3 is 2.13 bits per heavy atom. The number of aromatic hydroxyl groups is 1. The summed E-state index contributed by atoms with van der Waals surface area (Å²) >= 11 is 0. The first-order chi connectivity index (χ1) is 21.8. The summed E-state index contributed by atoms with van der Waals surface area (Å²) in [6, 6.07) is 20.7. The van der Waals surface area contributed by atoms with Crippen LogP contribution in [0.3, 0.4) is 0 Å². The Balaban J connectivity index is 0.000000206. The first-order valence-electron chi connectivity index (χ1n) is 13.9. The molecule has 0 bridgehead atoms. The molecule has 0 aliphatic carbocycles. The quantitative estimate of drug-likeness (QED) is 0.0851. The number of nitro groups is 1. The van der Waals surface area contributed by atoms with Gasteiger partial charge in [0, 0.05) is 24.4 Å². The summed E-state index contributed by atoms with van der Waals surface area (Å²) in [7, 11) is 6.06. The van der Waals surface area contributed by atoms with Crippen LogP contribution in [-0.2, 0) is 6.42 Å². The van der Waals surface area contributed by atoms with Crippen LogP contribution in [0, 0.1) is 10.1 Å². The zero-order valence-corrected chi connectivity index (χ0v) is 25.3. The molecule has 1 heterocycles. The van der Waals surface area contributed by atoms with E-state index >= 15 is 0 Å². The minimum absolute atomic E-state index is 0.00573. The molecule has 4 aromatic carbocycles. The number of methoxy groups -OCH3 is 4. The number of benzene rings is 4. The second-order valence-corrected chi connectivity index (χ2v) is 9.77. The minimum atomic E-state index is -0.800. The van der Waals surface area contributed by atoms with Crippen molar-refractivity contribution < 1.29 is 39.2 Å². The Hall–Kier alpha value is -5.33. The molecule has 4 N–H and O–H groups in total. The molecule has 0 radical (unpaired) electrons. The van der Waals surface area contributed by atoms with Crippen molar-refractivity contribution in [2.24, 2.45) is 0 Å². The zero-order valence-electron chi connectivity index (χ0n) is 25.3. The maximum Gasteiger partial charge on any atom is 0.280 e. The lowest BCUT2D eigenvalue weighted by Gasteiger charge is -2.17. The van der Waals surface area contributed by atoms with E-state index in [0.29, 0.717) is 58.1 Å². The molecule has 0 saturated heterocycles. The van der Waals surface area contributed by atoms with E-state index in [1.54, 1.807) is 42.5 Å². The number of nitrogens with one attached hydrogen (secondary N) is 1. The van der Waals surface area contributed by atoms with Crippen LogP contribution in [0.4, 0.5) is 11.4 Å². The number of aliphatic hydroxyl groups is 2. The topological polar surface area (TPSA) is 166 Å². The average Bonchev–Trinajstić information content (AvgIpc) is 3.05. The third-order valence-corrected chi connectivity index (χ3v) is 7.04. The van der Waals surface area contributed by atoms with Gasteiger partial charge in [0.1, 0.15) is 5.39 Å². The number of fused-ring (bicyclic) bond motifs is 2. The van der Waals surface area contributed by atoms with Crippen molar-refractivity contribution in [2.45, 2.75) is 12.5 Å². The summed E-state index contributed by atoms with van der Waals surface area (Å²) in [6.45, 7) is 0.258. The Kier molecular flexibility index (Phi) is 10.8. The smallest absolute Gasteiger partial charge is 0.280 e. The molecule has 236 valence electrons. The predicted molar refractivity (Wildman–Crippen MR) is 171 cm³/mol. The third-order valence-electron chi connectivity index (χ3n) is 7.04. The molecule has 5 rings (SSSR count). The first-order valence-corrected chi connectivity index (χ1v) is 13.9. The summed E-state index contributed by atoms with van der Waals surface area (Å²) in [5, 5.41) is 45.0. The van der Waals surface area contributed by atoms with Gasteiger partial charge in [0.15, 0.2) is 23.0 Å². The fourth-order valence-electron chi connectivity index (χ4n) is 4.94. The lowest BCUT2D eigenvalue weighted by atomic mass is 10.00. The van der Waals surface area contributed by atoms with Gasteiger partial charge in [-0.2, -0.15) is 0 Å². The number of anilines is 1. The molecule has 5 aromatic rings. The van der Waals surface area contributed by atoms with E-state index in [0.717, 1.165) is 16.5 Å². The van der Waals surface area contributed by atoms with E-state index in [2.05, 4.69) is 10.3 Å². The van der Waals surface area contributed by atoms with Crippen LogP contribution in [0.2, 0.25) is 0 Å². The Labute approximate surface area is 259 Å². The van der Waals surface area contributed by atoms with Crippen molar-refractivity contribution in [3.05, 3.63) is 94.0 Å². The summed E-state index contributed by atoms with van der Waals surface area (Å²) in [5.41, 5.74) is 3.35. The van der Waals surface area contributed by atoms with E-state index in [4.69, 9.17) is 24.1 Å². The monoisotopic (exact) mass is 617 g/mol. The molecule has 0 saturated carbocycles. The van der Waals surface area contributed by atoms with Crippen molar-refractivity contribution in [1.82, 2.24) is 4.98 Å². The van der Waals surface area contributed by atoms with Gasteiger partial charge >= 0.3 is 0 Å². The molecule has 1 aromatic heterocycles. The number of phenols is 1. The van der Waals surface area contributed by atoms with Gasteiger partial charge in [0.2, 0.25) is 5.75 Å². The zero-order chi connectivity index (χ0) is 32.5. The molecule has 45 heavy (non-hydrogen) atoms. The molecule has 0 spiro atoms. The molecule has 0 aliphatic rings. The van der Waals surface area contributed by atoms with Gasteiger partial charge in [-0.1, -0.05) is 30.3 Å². The van der Waals surface area contributed by atoms with Crippen LogP contribution in [0.5, 0.6) is 28.7 Å². The highest BCUT2D eigenvalue weighted by Crippen LogP contribution is 2.40. The highest BCUT2D eigenvalue weighted by Gasteiger charge is 2.20. The number of hydrogen-bond donors (Lipinski definition) is 4. The number of para-hydroxylation sites is 1. The number of aliphatic hydroxyl groups excluding tert-OH is 2. The number of ether oxygens (including phenoxy) is 4. The third kappa shape index (κ3) is 7.25. The number of pyridine rings is 1. The van der Waals surface area contributed by atoms with Crippen LogP contribution in [0.1, 0.15) is 17.2 Å². The van der Waals surface area contributed by atoms with Crippen LogP contribution in [0.25, 0.3) is 21.8 Å². The molecule has 0 amide bonds. The summed E-state index contributed by atoms with van der Waals surface area (Å²) < 4.78 is 20.9. The van der Waals surface area contributed by atoms with Gasteiger partial charge in [0.05, 0.1) is 62.8 Å². The van der Waals surface area contributed by atoms with Crippen molar-refractivity contribution in [3.8, 4) is 28.7 Å². The molecular formula is C33H35N3O9. The van der Waals surface area contributed by atoms with E-state index in [9.17, 15) is 20.3 Å². The maximum atomic E-state index is 11.3. The number of rotatable bonds is 11. The Morgan fingerprint density at radius 2 is 1.53 bits per heavy atom. The normalized spacial score (nSPS) is 11.3. The van der Waals surface area contributed by atoms with E-state index < -0.39 is 11.0 Å². The minimum Gasteiger partial charge on any atom is -0.504 e. The fourth-order valence-corrected chi connectivity index (χ4v) is 4.94. The lowest BCUT2D eigenvalue weighted by molar-refractivity contribution is -0.383. The van der Waals surface area contributed by atoms with Crippen LogP contribution >= 0.6 is 0 Å². The Bertz CT molecular complexity index is 1770. The second-order valence-electron chi connectivity index (χ2n) is 9.77. The summed E-state index contributed by atoms with van der Waals surface area (Å²) in [6.07, 6.45) is -0.484. The average molecular weight is 618 g/mol. The van der Waals surface area contributed by atoms with Crippen molar-refractivity contribution in [1.29, 1.82) is 0 Å².